The van der Waals surface area contributed by atoms with Crippen molar-refractivity contribution >= 4 is 11.5 Å². The standard InChI is InChI=1S/C15H15N3O/c1-11(2)19-14-6-4-13(5-7-14)18-15-8-3-12(9-16)10-17-15/h3-8,10-11H,1-2H3,(H,17,18). The Bertz CT molecular complexity index is 568. The summed E-state index contributed by atoms with van der Waals surface area (Å²) in [6.07, 6.45) is 1.71. The van der Waals surface area contributed by atoms with E-state index in [0.717, 1.165) is 11.4 Å². The van der Waals surface area contributed by atoms with E-state index in [9.17, 15) is 0 Å². The van der Waals surface area contributed by atoms with Gasteiger partial charge < -0.3 is 10.1 Å². The highest BCUT2D eigenvalue weighted by Crippen LogP contribution is 2.19. The van der Waals surface area contributed by atoms with Crippen LogP contribution in [-0.2, 0) is 0 Å². The third kappa shape index (κ3) is 3.71. The fourth-order valence-corrected chi connectivity index (χ4v) is 1.57. The molecular weight excluding hydrogens is 238 g/mol. The molecule has 0 aliphatic carbocycles. The molecule has 0 bridgehead atoms. The zero-order valence-electron chi connectivity index (χ0n) is 10.9. The third-order valence-electron chi connectivity index (χ3n) is 2.39. The molecule has 0 saturated heterocycles. The van der Waals surface area contributed by atoms with Crippen LogP contribution in [0.3, 0.4) is 0 Å². The Kier molecular flexibility index (Phi) is 3.99. The predicted octanol–water partition coefficient (Wildman–Crippen LogP) is 3.48. The van der Waals surface area contributed by atoms with Crippen LogP contribution in [0, 0.1) is 11.3 Å². The number of hydrogen-bond acceptors (Lipinski definition) is 4. The van der Waals surface area contributed by atoms with Crippen molar-refractivity contribution in [1.82, 2.24) is 4.98 Å². The first-order chi connectivity index (χ1) is 9.17. The van der Waals surface area contributed by atoms with Crippen LogP contribution in [0.1, 0.15) is 19.4 Å². The highest BCUT2D eigenvalue weighted by atomic mass is 16.5. The summed E-state index contributed by atoms with van der Waals surface area (Å²) in [4.78, 5) is 4.15. The zero-order chi connectivity index (χ0) is 13.7. The van der Waals surface area contributed by atoms with Gasteiger partial charge in [-0.15, -0.1) is 0 Å². The third-order valence-corrected chi connectivity index (χ3v) is 2.39. The Morgan fingerprint density at radius 2 is 1.89 bits per heavy atom. The minimum Gasteiger partial charge on any atom is -0.491 e. The number of pyridine rings is 1. The average molecular weight is 253 g/mol. The molecule has 1 aromatic heterocycles. The fraction of sp³-hybridized carbons (Fsp3) is 0.200. The lowest BCUT2D eigenvalue weighted by Gasteiger charge is -2.10. The first kappa shape index (κ1) is 12.9. The summed E-state index contributed by atoms with van der Waals surface area (Å²) in [5.41, 5.74) is 1.47. The van der Waals surface area contributed by atoms with Crippen LogP contribution in [0.2, 0.25) is 0 Å². The second-order valence-corrected chi connectivity index (χ2v) is 4.36. The smallest absolute Gasteiger partial charge is 0.130 e. The number of nitrogens with zero attached hydrogens (tertiary/aromatic N) is 2. The molecule has 4 heteroatoms. The number of benzene rings is 1. The summed E-state index contributed by atoms with van der Waals surface area (Å²) in [5.74, 6) is 1.55. The molecule has 2 rings (SSSR count). The molecule has 19 heavy (non-hydrogen) atoms. The average Bonchev–Trinajstić information content (AvgIpc) is 2.41. The Balaban J connectivity index is 2.04. The van der Waals surface area contributed by atoms with E-state index in [2.05, 4.69) is 10.3 Å². The van der Waals surface area contributed by atoms with Gasteiger partial charge in [-0.1, -0.05) is 0 Å². The van der Waals surface area contributed by atoms with Crippen LogP contribution >= 0.6 is 0 Å². The maximum Gasteiger partial charge on any atom is 0.130 e. The normalized spacial score (nSPS) is 10.0. The van der Waals surface area contributed by atoms with E-state index in [1.165, 1.54) is 0 Å². The molecule has 0 spiro atoms. The van der Waals surface area contributed by atoms with Crippen molar-refractivity contribution in [2.45, 2.75) is 20.0 Å². The number of nitrogens with one attached hydrogen (secondary N) is 1. The van der Waals surface area contributed by atoms with Crippen molar-refractivity contribution in [3.05, 3.63) is 48.2 Å². The van der Waals surface area contributed by atoms with E-state index in [1.807, 2.05) is 44.2 Å². The van der Waals surface area contributed by atoms with Gasteiger partial charge in [0.05, 0.1) is 11.7 Å². The summed E-state index contributed by atoms with van der Waals surface area (Å²) < 4.78 is 5.57. The molecule has 0 atom stereocenters. The summed E-state index contributed by atoms with van der Waals surface area (Å²) in [5, 5.41) is 11.9. The van der Waals surface area contributed by atoms with Crippen LogP contribution in [0.5, 0.6) is 5.75 Å². The Morgan fingerprint density at radius 3 is 2.42 bits per heavy atom. The van der Waals surface area contributed by atoms with Crippen molar-refractivity contribution in [3.8, 4) is 11.8 Å². The fourth-order valence-electron chi connectivity index (χ4n) is 1.57. The first-order valence-electron chi connectivity index (χ1n) is 6.07. The molecular formula is C15H15N3O. The largest absolute Gasteiger partial charge is 0.491 e. The molecule has 0 aliphatic heterocycles. The Labute approximate surface area is 112 Å². The van der Waals surface area contributed by atoms with E-state index in [0.29, 0.717) is 11.4 Å². The minimum atomic E-state index is 0.166. The van der Waals surface area contributed by atoms with Crippen LogP contribution < -0.4 is 10.1 Å². The van der Waals surface area contributed by atoms with Crippen LogP contribution in [0.15, 0.2) is 42.6 Å². The van der Waals surface area contributed by atoms with Gasteiger partial charge in [0.2, 0.25) is 0 Å². The first-order valence-corrected chi connectivity index (χ1v) is 6.07. The molecule has 2 aromatic rings. The quantitative estimate of drug-likeness (QED) is 0.906. The van der Waals surface area contributed by atoms with Crippen molar-refractivity contribution in [3.63, 3.8) is 0 Å². The van der Waals surface area contributed by atoms with E-state index in [-0.39, 0.29) is 6.10 Å². The molecule has 96 valence electrons. The van der Waals surface area contributed by atoms with Gasteiger partial charge >= 0.3 is 0 Å². The van der Waals surface area contributed by atoms with Gasteiger partial charge in [-0.3, -0.25) is 0 Å². The molecule has 1 N–H and O–H groups in total. The van der Waals surface area contributed by atoms with Crippen molar-refractivity contribution < 1.29 is 4.74 Å². The Morgan fingerprint density at radius 1 is 1.16 bits per heavy atom. The van der Waals surface area contributed by atoms with Crippen LogP contribution in [-0.4, -0.2) is 11.1 Å². The number of aromatic nitrogens is 1. The van der Waals surface area contributed by atoms with Crippen LogP contribution in [0.4, 0.5) is 11.5 Å². The molecule has 0 amide bonds. The summed E-state index contributed by atoms with van der Waals surface area (Å²) in [6.45, 7) is 3.99. The van der Waals surface area contributed by atoms with Gasteiger partial charge in [-0.25, -0.2) is 4.98 Å². The molecule has 1 aromatic carbocycles. The molecule has 0 saturated carbocycles. The second-order valence-electron chi connectivity index (χ2n) is 4.36. The van der Waals surface area contributed by atoms with Gasteiger partial charge in [0.15, 0.2) is 0 Å². The van der Waals surface area contributed by atoms with Gasteiger partial charge in [0.1, 0.15) is 17.6 Å². The lowest BCUT2D eigenvalue weighted by Crippen LogP contribution is -2.05. The molecule has 4 nitrogen and oxygen atoms in total. The monoisotopic (exact) mass is 253 g/mol. The highest BCUT2D eigenvalue weighted by Gasteiger charge is 1.99. The predicted molar refractivity (Wildman–Crippen MR) is 74.4 cm³/mol. The topological polar surface area (TPSA) is 57.9 Å². The van der Waals surface area contributed by atoms with Gasteiger partial charge in [-0.2, -0.15) is 5.26 Å². The lowest BCUT2D eigenvalue weighted by atomic mass is 10.3. The number of rotatable bonds is 4. The maximum atomic E-state index is 8.70. The van der Waals surface area contributed by atoms with Crippen LogP contribution in [0.25, 0.3) is 0 Å². The van der Waals surface area contributed by atoms with Crippen molar-refractivity contribution in [2.24, 2.45) is 0 Å². The maximum absolute atomic E-state index is 8.70. The van der Waals surface area contributed by atoms with Crippen molar-refractivity contribution in [1.29, 1.82) is 5.26 Å². The zero-order valence-corrected chi connectivity index (χ0v) is 10.9. The Hall–Kier alpha value is -2.54. The summed E-state index contributed by atoms with van der Waals surface area (Å²) in [6, 6.07) is 13.2. The second kappa shape index (κ2) is 5.87. The number of nitriles is 1. The minimum absolute atomic E-state index is 0.166. The molecule has 0 unspecified atom stereocenters. The summed E-state index contributed by atoms with van der Waals surface area (Å²) in [7, 11) is 0. The molecule has 0 aliphatic rings. The number of ether oxygens (including phenoxy) is 1. The van der Waals surface area contributed by atoms with E-state index in [4.69, 9.17) is 10.00 Å². The van der Waals surface area contributed by atoms with Gasteiger partial charge in [0, 0.05) is 11.9 Å². The SMILES string of the molecule is CC(C)Oc1ccc(Nc2ccc(C#N)cn2)cc1. The van der Waals surface area contributed by atoms with E-state index >= 15 is 0 Å². The van der Waals surface area contributed by atoms with Crippen molar-refractivity contribution in [2.75, 3.05) is 5.32 Å². The summed E-state index contributed by atoms with van der Waals surface area (Å²) >= 11 is 0. The molecule has 0 fully saturated rings. The highest BCUT2D eigenvalue weighted by molar-refractivity contribution is 5.57. The molecule has 0 radical (unpaired) electrons. The van der Waals surface area contributed by atoms with Gasteiger partial charge in [-0.05, 0) is 50.2 Å². The van der Waals surface area contributed by atoms with Gasteiger partial charge in [0.25, 0.3) is 0 Å². The lowest BCUT2D eigenvalue weighted by molar-refractivity contribution is 0.242. The number of hydrogen-bond donors (Lipinski definition) is 1. The molecule has 1 heterocycles. The number of anilines is 2. The van der Waals surface area contributed by atoms with E-state index < -0.39 is 0 Å². The van der Waals surface area contributed by atoms with E-state index in [1.54, 1.807) is 18.3 Å².